The minimum Gasteiger partial charge on any atom is -0.508 e. The minimum atomic E-state index is -1.07. The molecule has 19 heavy (non-hydrogen) atoms. The average Bonchev–Trinajstić information content (AvgIpc) is 2.85. The van der Waals surface area contributed by atoms with Crippen LogP contribution >= 0.6 is 11.8 Å². The summed E-state index contributed by atoms with van der Waals surface area (Å²) < 4.78 is 1.44. The highest BCUT2D eigenvalue weighted by Crippen LogP contribution is 2.20. The fourth-order valence-corrected chi connectivity index (χ4v) is 2.09. The third-order valence-corrected chi connectivity index (χ3v) is 3.28. The highest BCUT2D eigenvalue weighted by atomic mass is 32.2. The van der Waals surface area contributed by atoms with Crippen LogP contribution in [0, 0.1) is 0 Å². The number of rotatable bonds is 5. The largest absolute Gasteiger partial charge is 0.508 e. The van der Waals surface area contributed by atoms with Gasteiger partial charge in [0.15, 0.2) is 0 Å². The van der Waals surface area contributed by atoms with Crippen LogP contribution in [-0.2, 0) is 4.79 Å². The number of hydrogen-bond donors (Lipinski definition) is 3. The maximum absolute atomic E-state index is 10.6. The highest BCUT2D eigenvalue weighted by molar-refractivity contribution is 7.99. The second kappa shape index (κ2) is 5.67. The predicted molar refractivity (Wildman–Crippen MR) is 67.2 cm³/mol. The van der Waals surface area contributed by atoms with Crippen molar-refractivity contribution < 1.29 is 15.0 Å². The van der Waals surface area contributed by atoms with Gasteiger partial charge in [0.1, 0.15) is 11.8 Å². The molecule has 0 aliphatic rings. The molecule has 2 aromatic rings. The van der Waals surface area contributed by atoms with Crippen molar-refractivity contribution in [1.29, 1.82) is 0 Å². The van der Waals surface area contributed by atoms with Crippen molar-refractivity contribution in [2.45, 2.75) is 11.2 Å². The van der Waals surface area contributed by atoms with Crippen molar-refractivity contribution >= 4 is 17.7 Å². The summed E-state index contributed by atoms with van der Waals surface area (Å²) in [6.45, 7) is 0. The summed E-state index contributed by atoms with van der Waals surface area (Å²) >= 11 is 1.15. The van der Waals surface area contributed by atoms with Gasteiger partial charge in [0.05, 0.1) is 5.69 Å². The van der Waals surface area contributed by atoms with Crippen molar-refractivity contribution in [3.05, 3.63) is 24.3 Å². The fraction of sp³-hybridized carbons (Fsp3) is 0.200. The topological polar surface area (TPSA) is 127 Å². The first-order valence-electron chi connectivity index (χ1n) is 5.27. The van der Waals surface area contributed by atoms with Crippen molar-refractivity contribution in [3.8, 4) is 11.4 Å². The number of carboxylic acids is 1. The molecule has 0 aliphatic carbocycles. The molecule has 0 spiro atoms. The Labute approximate surface area is 112 Å². The van der Waals surface area contributed by atoms with E-state index in [4.69, 9.17) is 10.8 Å². The maximum Gasteiger partial charge on any atom is 0.321 e. The summed E-state index contributed by atoms with van der Waals surface area (Å²) in [5.41, 5.74) is 6.07. The van der Waals surface area contributed by atoms with E-state index in [0.717, 1.165) is 11.8 Å². The summed E-state index contributed by atoms with van der Waals surface area (Å²) in [6.07, 6.45) is 0. The summed E-state index contributed by atoms with van der Waals surface area (Å²) in [5, 5.41) is 29.5. The number of aromatic nitrogens is 4. The normalized spacial score (nSPS) is 12.3. The van der Waals surface area contributed by atoms with Crippen molar-refractivity contribution in [3.63, 3.8) is 0 Å². The van der Waals surface area contributed by atoms with Gasteiger partial charge < -0.3 is 15.9 Å². The van der Waals surface area contributed by atoms with Gasteiger partial charge in [-0.05, 0) is 34.7 Å². The summed E-state index contributed by atoms with van der Waals surface area (Å²) in [4.78, 5) is 10.6. The molecule has 0 radical (unpaired) electrons. The number of nitrogens with zero attached hydrogens (tertiary/aromatic N) is 4. The second-order valence-electron chi connectivity index (χ2n) is 3.65. The molecule has 1 aromatic carbocycles. The number of thioether (sulfide) groups is 1. The molecule has 1 unspecified atom stereocenters. The third kappa shape index (κ3) is 3.20. The lowest BCUT2D eigenvalue weighted by Gasteiger charge is -2.06. The van der Waals surface area contributed by atoms with Gasteiger partial charge in [-0.2, -0.15) is 4.68 Å². The number of phenolic OH excluding ortho intramolecular Hbond substituents is 1. The lowest BCUT2D eigenvalue weighted by molar-refractivity contribution is -0.137. The monoisotopic (exact) mass is 281 g/mol. The molecule has 100 valence electrons. The maximum atomic E-state index is 10.6. The van der Waals surface area contributed by atoms with Gasteiger partial charge in [0.2, 0.25) is 5.16 Å². The molecule has 0 bridgehead atoms. The molecular weight excluding hydrogens is 270 g/mol. The van der Waals surface area contributed by atoms with Gasteiger partial charge in [-0.25, -0.2) is 0 Å². The third-order valence-electron chi connectivity index (χ3n) is 2.24. The van der Waals surface area contributed by atoms with E-state index in [0.29, 0.717) is 10.8 Å². The Hall–Kier alpha value is -2.13. The smallest absolute Gasteiger partial charge is 0.321 e. The molecule has 4 N–H and O–H groups in total. The molecular formula is C10H11N5O3S. The number of aromatic hydroxyl groups is 1. The minimum absolute atomic E-state index is 0.138. The van der Waals surface area contributed by atoms with E-state index < -0.39 is 12.0 Å². The standard InChI is InChI=1S/C10H11N5O3S/c11-8(9(17)18)5-19-10-12-13-14-15(10)6-1-3-7(16)4-2-6/h1-4,8,16H,5,11H2,(H,17,18). The molecule has 8 nitrogen and oxygen atoms in total. The Morgan fingerprint density at radius 2 is 2.11 bits per heavy atom. The Balaban J connectivity index is 2.14. The molecule has 0 amide bonds. The number of tetrazole rings is 1. The summed E-state index contributed by atoms with van der Waals surface area (Å²) in [5.74, 6) is -0.775. The van der Waals surface area contributed by atoms with E-state index in [1.807, 2.05) is 0 Å². The Bertz CT molecular complexity index is 571. The van der Waals surface area contributed by atoms with E-state index in [9.17, 15) is 9.90 Å². The number of carboxylic acid groups (broad SMARTS) is 1. The average molecular weight is 281 g/mol. The fourth-order valence-electron chi connectivity index (χ4n) is 1.26. The van der Waals surface area contributed by atoms with Crippen molar-refractivity contribution in [2.75, 3.05) is 5.75 Å². The number of phenols is 1. The van der Waals surface area contributed by atoms with Crippen molar-refractivity contribution in [2.24, 2.45) is 5.73 Å². The molecule has 9 heteroatoms. The molecule has 0 fully saturated rings. The number of aliphatic carboxylic acids is 1. The van der Waals surface area contributed by atoms with Crippen LogP contribution in [0.3, 0.4) is 0 Å². The van der Waals surface area contributed by atoms with Crippen LogP contribution in [0.2, 0.25) is 0 Å². The SMILES string of the molecule is NC(CSc1nnnn1-c1ccc(O)cc1)C(=O)O. The van der Waals surface area contributed by atoms with E-state index in [1.54, 1.807) is 12.1 Å². The first-order chi connectivity index (χ1) is 9.08. The van der Waals surface area contributed by atoms with Gasteiger partial charge in [-0.15, -0.1) is 5.10 Å². The molecule has 0 saturated heterocycles. The molecule has 0 saturated carbocycles. The quantitative estimate of drug-likeness (QED) is 0.647. The van der Waals surface area contributed by atoms with Crippen LogP contribution in [0.1, 0.15) is 0 Å². The van der Waals surface area contributed by atoms with Gasteiger partial charge in [0, 0.05) is 5.75 Å². The van der Waals surface area contributed by atoms with Gasteiger partial charge in [-0.1, -0.05) is 11.8 Å². The Kier molecular flexibility index (Phi) is 3.97. The van der Waals surface area contributed by atoms with Gasteiger partial charge in [-0.3, -0.25) is 4.79 Å². The van der Waals surface area contributed by atoms with Crippen LogP contribution in [0.4, 0.5) is 0 Å². The zero-order chi connectivity index (χ0) is 13.8. The molecule has 1 heterocycles. The number of hydrogen-bond acceptors (Lipinski definition) is 7. The Morgan fingerprint density at radius 3 is 2.74 bits per heavy atom. The summed E-state index contributed by atoms with van der Waals surface area (Å²) in [6, 6.07) is 5.33. The van der Waals surface area contributed by atoms with Gasteiger partial charge in [0.25, 0.3) is 0 Å². The molecule has 0 aliphatic heterocycles. The zero-order valence-corrected chi connectivity index (χ0v) is 10.5. The molecule has 2 rings (SSSR count). The van der Waals surface area contributed by atoms with Crippen LogP contribution < -0.4 is 5.73 Å². The molecule has 1 aromatic heterocycles. The lowest BCUT2D eigenvalue weighted by Crippen LogP contribution is -2.32. The van der Waals surface area contributed by atoms with E-state index >= 15 is 0 Å². The first kappa shape index (κ1) is 13.3. The van der Waals surface area contributed by atoms with Crippen LogP contribution in [0.5, 0.6) is 5.75 Å². The van der Waals surface area contributed by atoms with Crippen LogP contribution in [0.15, 0.2) is 29.4 Å². The number of carbonyl (C=O) groups is 1. The van der Waals surface area contributed by atoms with E-state index in [-0.39, 0.29) is 11.5 Å². The van der Waals surface area contributed by atoms with Crippen LogP contribution in [0.25, 0.3) is 5.69 Å². The number of benzene rings is 1. The molecule has 1 atom stereocenters. The highest BCUT2D eigenvalue weighted by Gasteiger charge is 2.15. The van der Waals surface area contributed by atoms with E-state index in [2.05, 4.69) is 15.5 Å². The predicted octanol–water partition coefficient (Wildman–Crippen LogP) is -0.128. The van der Waals surface area contributed by atoms with Gasteiger partial charge >= 0.3 is 5.97 Å². The lowest BCUT2D eigenvalue weighted by atomic mass is 10.3. The van der Waals surface area contributed by atoms with Crippen LogP contribution in [-0.4, -0.2) is 48.2 Å². The zero-order valence-electron chi connectivity index (χ0n) is 9.67. The second-order valence-corrected chi connectivity index (χ2v) is 4.63. The van der Waals surface area contributed by atoms with Crippen molar-refractivity contribution in [1.82, 2.24) is 20.2 Å². The first-order valence-corrected chi connectivity index (χ1v) is 6.25. The number of nitrogens with two attached hydrogens (primary N) is 1. The Morgan fingerprint density at radius 1 is 1.42 bits per heavy atom. The summed E-state index contributed by atoms with van der Waals surface area (Å²) in [7, 11) is 0. The van der Waals surface area contributed by atoms with E-state index in [1.165, 1.54) is 16.8 Å².